The van der Waals surface area contributed by atoms with Gasteiger partial charge in [-0.3, -0.25) is 9.20 Å². The summed E-state index contributed by atoms with van der Waals surface area (Å²) >= 11 is 6.28. The molecule has 0 spiro atoms. The molecule has 0 unspecified atom stereocenters. The predicted octanol–water partition coefficient (Wildman–Crippen LogP) is 4.09. The molecular weight excluding hydrogens is 298 g/mol. The lowest BCUT2D eigenvalue weighted by Gasteiger charge is -2.08. The van der Waals surface area contributed by atoms with Gasteiger partial charge < -0.3 is 5.32 Å². The molecule has 108 valence electrons. The standard InChI is InChI=1S/C17H12ClN3O/c1-11(22)20-17-16(12-6-3-2-4-7-12)13(10-19)14-8-5-9-15(18)21(14)17/h2-9H,1H3,(H,20,22). The number of hydrogen-bond acceptors (Lipinski definition) is 2. The van der Waals surface area contributed by atoms with Crippen molar-refractivity contribution in [2.24, 2.45) is 0 Å². The van der Waals surface area contributed by atoms with Crippen molar-refractivity contribution in [3.8, 4) is 17.2 Å². The second-order valence-electron chi connectivity index (χ2n) is 4.83. The minimum absolute atomic E-state index is 0.221. The smallest absolute Gasteiger partial charge is 0.222 e. The molecule has 0 aliphatic heterocycles. The molecule has 22 heavy (non-hydrogen) atoms. The fourth-order valence-electron chi connectivity index (χ4n) is 2.55. The number of hydrogen-bond donors (Lipinski definition) is 1. The zero-order valence-corrected chi connectivity index (χ0v) is 12.6. The molecule has 0 radical (unpaired) electrons. The van der Waals surface area contributed by atoms with Crippen molar-refractivity contribution in [2.75, 3.05) is 5.32 Å². The quantitative estimate of drug-likeness (QED) is 0.725. The Morgan fingerprint density at radius 1 is 1.18 bits per heavy atom. The van der Waals surface area contributed by atoms with Gasteiger partial charge in [0.2, 0.25) is 5.91 Å². The van der Waals surface area contributed by atoms with Gasteiger partial charge in [-0.25, -0.2) is 0 Å². The van der Waals surface area contributed by atoms with E-state index in [1.807, 2.05) is 36.4 Å². The highest BCUT2D eigenvalue weighted by atomic mass is 35.5. The van der Waals surface area contributed by atoms with E-state index in [-0.39, 0.29) is 5.91 Å². The molecule has 0 atom stereocenters. The van der Waals surface area contributed by atoms with E-state index in [0.717, 1.165) is 5.56 Å². The number of nitrogens with zero attached hydrogens (tertiary/aromatic N) is 2. The number of fused-ring (bicyclic) bond motifs is 1. The summed E-state index contributed by atoms with van der Waals surface area (Å²) in [6, 6.07) is 17.0. The average molecular weight is 310 g/mol. The molecule has 0 fully saturated rings. The number of benzene rings is 1. The van der Waals surface area contributed by atoms with Crippen LogP contribution >= 0.6 is 11.6 Å². The Kier molecular flexibility index (Phi) is 3.58. The summed E-state index contributed by atoms with van der Waals surface area (Å²) in [5.74, 6) is 0.289. The molecule has 3 aromatic rings. The highest BCUT2D eigenvalue weighted by Crippen LogP contribution is 2.38. The lowest BCUT2D eigenvalue weighted by molar-refractivity contribution is -0.114. The third kappa shape index (κ3) is 2.22. The number of carbonyl (C=O) groups is 1. The first-order valence-corrected chi connectivity index (χ1v) is 7.07. The molecule has 4 nitrogen and oxygen atoms in total. The molecule has 0 aliphatic rings. The highest BCUT2D eigenvalue weighted by Gasteiger charge is 2.21. The Balaban J connectivity index is 2.46. The van der Waals surface area contributed by atoms with E-state index < -0.39 is 0 Å². The number of aromatic nitrogens is 1. The maximum atomic E-state index is 11.6. The van der Waals surface area contributed by atoms with Crippen LogP contribution in [0.1, 0.15) is 12.5 Å². The maximum absolute atomic E-state index is 11.6. The molecule has 1 amide bonds. The zero-order chi connectivity index (χ0) is 15.7. The molecule has 1 aromatic carbocycles. The van der Waals surface area contributed by atoms with Crippen molar-refractivity contribution >= 4 is 28.8 Å². The average Bonchev–Trinajstić information content (AvgIpc) is 2.82. The Hall–Kier alpha value is -2.77. The van der Waals surface area contributed by atoms with Gasteiger partial charge >= 0.3 is 0 Å². The molecule has 2 heterocycles. The molecule has 0 bridgehead atoms. The van der Waals surface area contributed by atoms with Crippen LogP contribution in [0.5, 0.6) is 0 Å². The third-order valence-electron chi connectivity index (χ3n) is 3.38. The third-order valence-corrected chi connectivity index (χ3v) is 3.67. The summed E-state index contributed by atoms with van der Waals surface area (Å²) in [7, 11) is 0. The first kappa shape index (κ1) is 14.2. The molecule has 5 heteroatoms. The first-order valence-electron chi connectivity index (χ1n) is 6.69. The van der Waals surface area contributed by atoms with E-state index in [2.05, 4.69) is 11.4 Å². The Morgan fingerprint density at radius 3 is 2.55 bits per heavy atom. The van der Waals surface area contributed by atoms with Gasteiger partial charge in [0.1, 0.15) is 17.0 Å². The van der Waals surface area contributed by atoms with Crippen molar-refractivity contribution in [3.05, 3.63) is 59.2 Å². The molecule has 1 N–H and O–H groups in total. The van der Waals surface area contributed by atoms with Crippen LogP contribution in [0.2, 0.25) is 5.15 Å². The number of nitriles is 1. The normalized spacial score (nSPS) is 10.4. The number of carbonyl (C=O) groups excluding carboxylic acids is 1. The van der Waals surface area contributed by atoms with E-state index in [4.69, 9.17) is 11.6 Å². The number of halogens is 1. The molecule has 3 rings (SSSR count). The second-order valence-corrected chi connectivity index (χ2v) is 5.21. The van der Waals surface area contributed by atoms with Crippen molar-refractivity contribution in [1.29, 1.82) is 5.26 Å². The molecule has 0 saturated heterocycles. The summed E-state index contributed by atoms with van der Waals surface area (Å²) in [5.41, 5.74) is 2.67. The van der Waals surface area contributed by atoms with Crippen LogP contribution in [-0.4, -0.2) is 10.3 Å². The summed E-state index contributed by atoms with van der Waals surface area (Å²) in [6.07, 6.45) is 0. The van der Waals surface area contributed by atoms with Crippen molar-refractivity contribution in [2.45, 2.75) is 6.92 Å². The number of anilines is 1. The van der Waals surface area contributed by atoms with Gasteiger partial charge in [-0.15, -0.1) is 0 Å². The van der Waals surface area contributed by atoms with Gasteiger partial charge in [-0.05, 0) is 17.7 Å². The monoisotopic (exact) mass is 309 g/mol. The molecule has 0 saturated carbocycles. The number of pyridine rings is 1. The van der Waals surface area contributed by atoms with Crippen molar-refractivity contribution < 1.29 is 4.79 Å². The topological polar surface area (TPSA) is 57.3 Å². The van der Waals surface area contributed by atoms with Gasteiger partial charge in [0, 0.05) is 12.5 Å². The Labute approximate surface area is 132 Å². The van der Waals surface area contributed by atoms with Crippen LogP contribution in [0.25, 0.3) is 16.6 Å². The van der Waals surface area contributed by atoms with Crippen molar-refractivity contribution in [1.82, 2.24) is 4.40 Å². The zero-order valence-electron chi connectivity index (χ0n) is 11.8. The van der Waals surface area contributed by atoms with Crippen LogP contribution in [0, 0.1) is 11.3 Å². The van der Waals surface area contributed by atoms with Crippen LogP contribution in [0.15, 0.2) is 48.5 Å². The second kappa shape index (κ2) is 5.55. The minimum atomic E-state index is -0.221. The SMILES string of the molecule is CC(=O)Nc1c(-c2ccccc2)c(C#N)c2cccc(Cl)n12. The fraction of sp³-hybridized carbons (Fsp3) is 0.0588. The minimum Gasteiger partial charge on any atom is -0.311 e. The van der Waals surface area contributed by atoms with Gasteiger partial charge in [0.15, 0.2) is 0 Å². The summed E-state index contributed by atoms with van der Waals surface area (Å²) in [5, 5.41) is 12.8. The van der Waals surface area contributed by atoms with E-state index in [1.165, 1.54) is 6.92 Å². The number of amides is 1. The summed E-state index contributed by atoms with van der Waals surface area (Å²) in [6.45, 7) is 1.43. The van der Waals surface area contributed by atoms with Gasteiger partial charge in [0.25, 0.3) is 0 Å². The van der Waals surface area contributed by atoms with Crippen molar-refractivity contribution in [3.63, 3.8) is 0 Å². The van der Waals surface area contributed by atoms with Crippen LogP contribution in [0.3, 0.4) is 0 Å². The molecule has 0 aliphatic carbocycles. The molecular formula is C17H12ClN3O. The number of rotatable bonds is 2. The lowest BCUT2D eigenvalue weighted by Crippen LogP contribution is -2.09. The predicted molar refractivity (Wildman–Crippen MR) is 86.9 cm³/mol. The van der Waals surface area contributed by atoms with E-state index in [9.17, 15) is 10.1 Å². The van der Waals surface area contributed by atoms with Crippen LogP contribution in [-0.2, 0) is 4.79 Å². The Morgan fingerprint density at radius 2 is 1.91 bits per heavy atom. The van der Waals surface area contributed by atoms with E-state index >= 15 is 0 Å². The van der Waals surface area contributed by atoms with Gasteiger partial charge in [-0.1, -0.05) is 48.0 Å². The van der Waals surface area contributed by atoms with E-state index in [1.54, 1.807) is 16.5 Å². The molecule has 2 aromatic heterocycles. The number of nitrogens with one attached hydrogen (secondary N) is 1. The maximum Gasteiger partial charge on any atom is 0.222 e. The van der Waals surface area contributed by atoms with Crippen LogP contribution < -0.4 is 5.32 Å². The fourth-order valence-corrected chi connectivity index (χ4v) is 2.80. The Bertz CT molecular complexity index is 907. The summed E-state index contributed by atoms with van der Waals surface area (Å²) in [4.78, 5) is 11.6. The lowest BCUT2D eigenvalue weighted by atomic mass is 10.0. The van der Waals surface area contributed by atoms with Gasteiger partial charge in [-0.2, -0.15) is 5.26 Å². The van der Waals surface area contributed by atoms with E-state index in [0.29, 0.717) is 27.6 Å². The first-order chi connectivity index (χ1) is 10.6. The van der Waals surface area contributed by atoms with Crippen LogP contribution in [0.4, 0.5) is 5.82 Å². The highest BCUT2D eigenvalue weighted by molar-refractivity contribution is 6.30. The summed E-state index contributed by atoms with van der Waals surface area (Å²) < 4.78 is 1.68. The largest absolute Gasteiger partial charge is 0.311 e. The van der Waals surface area contributed by atoms with Gasteiger partial charge in [0.05, 0.1) is 11.1 Å².